The third-order valence-electron chi connectivity index (χ3n) is 6.33. The van der Waals surface area contributed by atoms with Crippen molar-refractivity contribution in [2.24, 2.45) is 5.92 Å². The second kappa shape index (κ2) is 12.9. The summed E-state index contributed by atoms with van der Waals surface area (Å²) in [5.41, 5.74) is 5.54. The maximum Gasteiger partial charge on any atom is 0.328 e. The number of carbonyl (C=O) groups is 2. The number of carbonyl (C=O) groups excluding carboxylic acids is 1. The number of aliphatic carboxylic acids is 1. The Morgan fingerprint density at radius 3 is 2.22 bits per heavy atom. The largest absolute Gasteiger partial charge is 0.481 e. The van der Waals surface area contributed by atoms with E-state index >= 15 is 0 Å². The summed E-state index contributed by atoms with van der Waals surface area (Å²) >= 11 is 0. The van der Waals surface area contributed by atoms with Crippen molar-refractivity contribution >= 4 is 17.7 Å². The van der Waals surface area contributed by atoms with Crippen molar-refractivity contribution in [2.45, 2.75) is 26.7 Å². The second-order valence-electron chi connectivity index (χ2n) is 9.40. The summed E-state index contributed by atoms with van der Waals surface area (Å²) in [5, 5.41) is 8.32. The smallest absolute Gasteiger partial charge is 0.328 e. The van der Waals surface area contributed by atoms with Crippen molar-refractivity contribution in [1.29, 1.82) is 0 Å². The third-order valence-corrected chi connectivity index (χ3v) is 6.33. The molecule has 0 aliphatic carbocycles. The fraction of sp³-hybridized carbons (Fsp3) is 0.333. The third kappa shape index (κ3) is 7.43. The Kier molecular flexibility index (Phi) is 9.65. The van der Waals surface area contributed by atoms with Gasteiger partial charge in [-0.3, -0.25) is 14.6 Å². The fourth-order valence-corrected chi connectivity index (χ4v) is 4.29. The highest BCUT2D eigenvalue weighted by atomic mass is 16.4. The molecule has 1 N–H and O–H groups in total. The number of anilines is 1. The molecule has 0 atom stereocenters. The standard InChI is InChI=1S/C25H28N2O.C5H9NO2/c1-4-23(12-8-9-20(2)3)26-17-18-27(25(26)28)24-15-13-22(14-16-24)19-21-10-6-5-7-11-21;1-6-2-4(3-6)5(7)8/h4-11,13-16H,2,12,17-19H2,1,3H3;4H,2-3H2,1H3,(H,7,8)/b9-8-,23-4+;. The van der Waals surface area contributed by atoms with E-state index in [1.54, 1.807) is 0 Å². The minimum Gasteiger partial charge on any atom is -0.481 e. The number of rotatable bonds is 8. The summed E-state index contributed by atoms with van der Waals surface area (Å²) in [6, 6.07) is 18.8. The van der Waals surface area contributed by atoms with E-state index in [0.29, 0.717) is 13.1 Å². The summed E-state index contributed by atoms with van der Waals surface area (Å²) in [5.74, 6) is -0.761. The van der Waals surface area contributed by atoms with E-state index < -0.39 is 5.97 Å². The SMILES string of the molecule is C=C(C)/C=C\C/C(=C\C)N1CCN(c2ccc(Cc3ccccc3)cc2)C1=O.CN1CC(C(=O)O)C1. The number of nitrogens with zero attached hydrogens (tertiary/aromatic N) is 3. The molecule has 36 heavy (non-hydrogen) atoms. The van der Waals surface area contributed by atoms with E-state index in [2.05, 4.69) is 61.2 Å². The van der Waals surface area contributed by atoms with Crippen LogP contribution in [0.1, 0.15) is 31.4 Å². The van der Waals surface area contributed by atoms with Crippen molar-refractivity contribution in [1.82, 2.24) is 9.80 Å². The van der Waals surface area contributed by atoms with Gasteiger partial charge in [0.1, 0.15) is 0 Å². The first-order chi connectivity index (χ1) is 17.3. The average Bonchev–Trinajstić information content (AvgIpc) is 3.22. The van der Waals surface area contributed by atoms with E-state index in [-0.39, 0.29) is 11.9 Å². The van der Waals surface area contributed by atoms with Crippen molar-refractivity contribution < 1.29 is 14.7 Å². The monoisotopic (exact) mass is 487 g/mol. The van der Waals surface area contributed by atoms with Crippen LogP contribution in [0.4, 0.5) is 10.5 Å². The normalized spacial score (nSPS) is 16.6. The van der Waals surface area contributed by atoms with Gasteiger partial charge in [0.05, 0.1) is 5.92 Å². The van der Waals surface area contributed by atoms with Gasteiger partial charge in [-0.1, -0.05) is 72.8 Å². The predicted molar refractivity (Wildman–Crippen MR) is 146 cm³/mol. The molecule has 6 heteroatoms. The number of amides is 2. The first-order valence-electron chi connectivity index (χ1n) is 12.4. The van der Waals surface area contributed by atoms with Crippen LogP contribution in [0, 0.1) is 5.92 Å². The Morgan fingerprint density at radius 2 is 1.69 bits per heavy atom. The van der Waals surface area contributed by atoms with Crippen molar-refractivity contribution in [3.8, 4) is 0 Å². The molecule has 190 valence electrons. The highest BCUT2D eigenvalue weighted by molar-refractivity contribution is 5.95. The molecule has 0 spiro atoms. The van der Waals surface area contributed by atoms with Gasteiger partial charge in [-0.2, -0.15) is 0 Å². The van der Waals surface area contributed by atoms with Crippen LogP contribution in [-0.2, 0) is 11.2 Å². The zero-order chi connectivity index (χ0) is 26.1. The zero-order valence-corrected chi connectivity index (χ0v) is 21.6. The summed E-state index contributed by atoms with van der Waals surface area (Å²) < 4.78 is 0. The molecule has 2 amide bonds. The Hall–Kier alpha value is -3.64. The van der Waals surface area contributed by atoms with Gasteiger partial charge in [-0.25, -0.2) is 4.79 Å². The van der Waals surface area contributed by atoms with Gasteiger partial charge in [-0.05, 0) is 50.6 Å². The van der Waals surface area contributed by atoms with Crippen LogP contribution in [0.5, 0.6) is 0 Å². The summed E-state index contributed by atoms with van der Waals surface area (Å²) in [7, 11) is 1.92. The van der Waals surface area contributed by atoms with Crippen LogP contribution in [0.2, 0.25) is 0 Å². The summed E-state index contributed by atoms with van der Waals surface area (Å²) in [6.07, 6.45) is 7.71. The molecule has 2 heterocycles. The van der Waals surface area contributed by atoms with Crippen molar-refractivity contribution in [3.05, 3.63) is 102 Å². The molecule has 0 aromatic heterocycles. The lowest BCUT2D eigenvalue weighted by Crippen LogP contribution is -2.47. The first kappa shape index (κ1) is 27.0. The first-order valence-corrected chi connectivity index (χ1v) is 12.4. The Labute approximate surface area is 214 Å². The van der Waals surface area contributed by atoms with Crippen LogP contribution in [-0.4, -0.2) is 60.1 Å². The molecule has 2 aliphatic heterocycles. The van der Waals surface area contributed by atoms with Gasteiger partial charge in [0, 0.05) is 44.0 Å². The van der Waals surface area contributed by atoms with Gasteiger partial charge in [0.15, 0.2) is 0 Å². The number of urea groups is 1. The Bertz CT molecular complexity index is 1100. The highest BCUT2D eigenvalue weighted by Crippen LogP contribution is 2.25. The number of carboxylic acids is 1. The minimum absolute atomic E-state index is 0.0487. The van der Waals surface area contributed by atoms with E-state index in [0.717, 1.165) is 42.9 Å². The maximum atomic E-state index is 12.9. The van der Waals surface area contributed by atoms with Crippen LogP contribution in [0.3, 0.4) is 0 Å². The maximum absolute atomic E-state index is 12.9. The second-order valence-corrected chi connectivity index (χ2v) is 9.40. The number of hydrogen-bond donors (Lipinski definition) is 1. The quantitative estimate of drug-likeness (QED) is 0.494. The number of hydrogen-bond acceptors (Lipinski definition) is 3. The van der Waals surface area contributed by atoms with Crippen LogP contribution in [0.25, 0.3) is 0 Å². The number of allylic oxidation sites excluding steroid dienone is 4. The molecule has 2 fully saturated rings. The molecule has 4 rings (SSSR count). The lowest BCUT2D eigenvalue weighted by Gasteiger charge is -2.32. The van der Waals surface area contributed by atoms with E-state index in [4.69, 9.17) is 5.11 Å². The van der Waals surface area contributed by atoms with Crippen molar-refractivity contribution in [3.63, 3.8) is 0 Å². The molecule has 2 saturated heterocycles. The van der Waals surface area contributed by atoms with Gasteiger partial charge in [-0.15, -0.1) is 0 Å². The molecule has 0 bridgehead atoms. The molecule has 0 saturated carbocycles. The molecular formula is C30H37N3O3. The summed E-state index contributed by atoms with van der Waals surface area (Å²) in [4.78, 5) is 28.8. The average molecular weight is 488 g/mol. The number of carboxylic acid groups (broad SMARTS) is 1. The van der Waals surface area contributed by atoms with Gasteiger partial charge < -0.3 is 10.0 Å². The van der Waals surface area contributed by atoms with E-state index in [1.807, 2.05) is 53.8 Å². The van der Waals surface area contributed by atoms with E-state index in [1.165, 1.54) is 11.1 Å². The molecule has 2 aliphatic rings. The molecule has 6 nitrogen and oxygen atoms in total. The molecule has 2 aromatic carbocycles. The molecular weight excluding hydrogens is 450 g/mol. The van der Waals surface area contributed by atoms with Gasteiger partial charge in [0.2, 0.25) is 0 Å². The predicted octanol–water partition coefficient (Wildman–Crippen LogP) is 5.58. The van der Waals surface area contributed by atoms with Crippen LogP contribution >= 0.6 is 0 Å². The molecule has 0 radical (unpaired) electrons. The number of likely N-dealkylation sites (tertiary alicyclic amines) is 1. The van der Waals surface area contributed by atoms with Crippen LogP contribution < -0.4 is 4.90 Å². The highest BCUT2D eigenvalue weighted by Gasteiger charge is 2.31. The Morgan fingerprint density at radius 1 is 1.06 bits per heavy atom. The fourth-order valence-electron chi connectivity index (χ4n) is 4.29. The topological polar surface area (TPSA) is 64.1 Å². The lowest BCUT2D eigenvalue weighted by atomic mass is 10.0. The Balaban J connectivity index is 0.000000383. The number of benzene rings is 2. The van der Waals surface area contributed by atoms with Crippen molar-refractivity contribution in [2.75, 3.05) is 38.1 Å². The molecule has 2 aromatic rings. The van der Waals surface area contributed by atoms with Crippen LogP contribution in [0.15, 0.2) is 90.7 Å². The van der Waals surface area contributed by atoms with Gasteiger partial charge >= 0.3 is 12.0 Å². The molecule has 0 unspecified atom stereocenters. The summed E-state index contributed by atoms with van der Waals surface area (Å²) in [6.45, 7) is 10.7. The minimum atomic E-state index is -0.664. The lowest BCUT2D eigenvalue weighted by molar-refractivity contribution is -0.146. The zero-order valence-electron chi connectivity index (χ0n) is 21.6. The van der Waals surface area contributed by atoms with Gasteiger partial charge in [0.25, 0.3) is 0 Å². The van der Waals surface area contributed by atoms with E-state index in [9.17, 15) is 9.59 Å².